The van der Waals surface area contributed by atoms with Crippen LogP contribution in [0.25, 0.3) is 0 Å². The predicted octanol–water partition coefficient (Wildman–Crippen LogP) is 1.06. The molecule has 0 radical (unpaired) electrons. The third kappa shape index (κ3) is 2.43. The Kier molecular flexibility index (Phi) is 3.26. The minimum absolute atomic E-state index is 0.162. The molecule has 1 atom stereocenters. The summed E-state index contributed by atoms with van der Waals surface area (Å²) in [6.07, 6.45) is 3.50. The summed E-state index contributed by atoms with van der Waals surface area (Å²) in [5.74, 6) is 0.927. The van der Waals surface area contributed by atoms with Crippen LogP contribution >= 0.6 is 0 Å². The van der Waals surface area contributed by atoms with Gasteiger partial charge in [-0.1, -0.05) is 6.07 Å². The van der Waals surface area contributed by atoms with E-state index in [1.54, 1.807) is 12.5 Å². The molecule has 0 saturated carbocycles. The van der Waals surface area contributed by atoms with E-state index in [2.05, 4.69) is 27.4 Å². The van der Waals surface area contributed by atoms with Gasteiger partial charge in [-0.05, 0) is 19.1 Å². The largest absolute Gasteiger partial charge is 0.319 e. The highest BCUT2D eigenvalue weighted by Crippen LogP contribution is 2.07. The van der Waals surface area contributed by atoms with Gasteiger partial charge in [0.1, 0.15) is 12.2 Å². The zero-order valence-corrected chi connectivity index (χ0v) is 9.46. The Morgan fingerprint density at radius 2 is 2.31 bits per heavy atom. The summed E-state index contributed by atoms with van der Waals surface area (Å²) in [5.41, 5.74) is 1.02. The van der Waals surface area contributed by atoms with Crippen molar-refractivity contribution in [1.82, 2.24) is 25.1 Å². The lowest BCUT2D eigenvalue weighted by atomic mass is 10.3. The van der Waals surface area contributed by atoms with Gasteiger partial charge >= 0.3 is 0 Å². The van der Waals surface area contributed by atoms with E-state index in [0.717, 1.165) is 18.1 Å². The van der Waals surface area contributed by atoms with Crippen molar-refractivity contribution in [3.05, 3.63) is 42.2 Å². The van der Waals surface area contributed by atoms with Gasteiger partial charge in [-0.25, -0.2) is 0 Å². The molecule has 0 aliphatic heterocycles. The van der Waals surface area contributed by atoms with Crippen LogP contribution in [0.15, 0.2) is 30.7 Å². The highest BCUT2D eigenvalue weighted by Gasteiger charge is 2.10. The van der Waals surface area contributed by atoms with Crippen LogP contribution in [0.2, 0.25) is 0 Å². The van der Waals surface area contributed by atoms with E-state index in [9.17, 15) is 0 Å². The third-order valence-corrected chi connectivity index (χ3v) is 2.45. The van der Waals surface area contributed by atoms with Gasteiger partial charge in [0.2, 0.25) is 0 Å². The minimum Gasteiger partial charge on any atom is -0.319 e. The molecule has 0 bridgehead atoms. The molecule has 2 rings (SSSR count). The molecule has 2 aromatic rings. The lowest BCUT2D eigenvalue weighted by molar-refractivity contribution is 0.523. The molecule has 0 unspecified atom stereocenters. The third-order valence-electron chi connectivity index (χ3n) is 2.45. The van der Waals surface area contributed by atoms with Crippen molar-refractivity contribution in [3.8, 4) is 0 Å². The summed E-state index contributed by atoms with van der Waals surface area (Å²) in [5, 5.41) is 11.3. The monoisotopic (exact) mass is 217 g/mol. The number of hydrogen-bond acceptors (Lipinski definition) is 4. The van der Waals surface area contributed by atoms with Gasteiger partial charge < -0.3 is 9.88 Å². The molecule has 5 nitrogen and oxygen atoms in total. The van der Waals surface area contributed by atoms with Gasteiger partial charge in [-0.2, -0.15) is 0 Å². The van der Waals surface area contributed by atoms with Gasteiger partial charge in [0.25, 0.3) is 0 Å². The zero-order chi connectivity index (χ0) is 11.4. The quantitative estimate of drug-likeness (QED) is 0.832. The minimum atomic E-state index is 0.162. The lowest BCUT2D eigenvalue weighted by Gasteiger charge is -2.12. The van der Waals surface area contributed by atoms with Gasteiger partial charge in [-0.3, -0.25) is 4.98 Å². The number of aromatic nitrogens is 4. The SMILES string of the molecule is C[C@@H](NCc1ccccn1)c1nncn1C. The molecule has 0 aromatic carbocycles. The average molecular weight is 217 g/mol. The molecule has 0 aliphatic rings. The Labute approximate surface area is 94.5 Å². The summed E-state index contributed by atoms with van der Waals surface area (Å²) in [6, 6.07) is 6.05. The van der Waals surface area contributed by atoms with Crippen LogP contribution in [0.5, 0.6) is 0 Å². The van der Waals surface area contributed by atoms with Crippen LogP contribution in [0.4, 0.5) is 0 Å². The number of nitrogens with zero attached hydrogens (tertiary/aromatic N) is 4. The van der Waals surface area contributed by atoms with Crippen LogP contribution < -0.4 is 5.32 Å². The highest BCUT2D eigenvalue weighted by molar-refractivity contribution is 5.04. The van der Waals surface area contributed by atoms with E-state index in [1.165, 1.54) is 0 Å². The molecule has 0 fully saturated rings. The molecule has 2 heterocycles. The van der Waals surface area contributed by atoms with Gasteiger partial charge in [-0.15, -0.1) is 10.2 Å². The number of nitrogens with one attached hydrogen (secondary N) is 1. The molecule has 0 amide bonds. The average Bonchev–Trinajstić information content (AvgIpc) is 2.74. The van der Waals surface area contributed by atoms with E-state index in [4.69, 9.17) is 0 Å². The van der Waals surface area contributed by atoms with Crippen molar-refractivity contribution in [1.29, 1.82) is 0 Å². The van der Waals surface area contributed by atoms with Crippen LogP contribution in [-0.2, 0) is 13.6 Å². The normalized spacial score (nSPS) is 12.6. The van der Waals surface area contributed by atoms with Crippen molar-refractivity contribution in [2.75, 3.05) is 0 Å². The van der Waals surface area contributed by atoms with E-state index in [0.29, 0.717) is 0 Å². The number of aryl methyl sites for hydroxylation is 1. The molecular formula is C11H15N5. The number of pyridine rings is 1. The summed E-state index contributed by atoms with van der Waals surface area (Å²) >= 11 is 0. The molecule has 0 spiro atoms. The second kappa shape index (κ2) is 4.85. The Morgan fingerprint density at radius 3 is 2.94 bits per heavy atom. The Bertz CT molecular complexity index is 437. The van der Waals surface area contributed by atoms with Crippen molar-refractivity contribution < 1.29 is 0 Å². The van der Waals surface area contributed by atoms with Crippen LogP contribution in [0.1, 0.15) is 24.5 Å². The van der Waals surface area contributed by atoms with Crippen molar-refractivity contribution in [2.24, 2.45) is 7.05 Å². The fraction of sp³-hybridized carbons (Fsp3) is 0.364. The standard InChI is InChI=1S/C11H15N5/c1-9(11-15-14-8-16(11)2)13-7-10-5-3-4-6-12-10/h3-6,8-9,13H,7H2,1-2H3/t9-/m1/s1. The fourth-order valence-corrected chi connectivity index (χ4v) is 1.54. The molecule has 0 saturated heterocycles. The second-order valence-corrected chi connectivity index (χ2v) is 3.72. The lowest BCUT2D eigenvalue weighted by Crippen LogP contribution is -2.21. The maximum Gasteiger partial charge on any atom is 0.149 e. The maximum atomic E-state index is 4.25. The molecule has 84 valence electrons. The van der Waals surface area contributed by atoms with Crippen LogP contribution in [-0.4, -0.2) is 19.7 Å². The molecule has 2 aromatic heterocycles. The van der Waals surface area contributed by atoms with E-state index in [-0.39, 0.29) is 6.04 Å². The maximum absolute atomic E-state index is 4.25. The first-order valence-electron chi connectivity index (χ1n) is 5.24. The Morgan fingerprint density at radius 1 is 1.44 bits per heavy atom. The number of hydrogen-bond donors (Lipinski definition) is 1. The Hall–Kier alpha value is -1.75. The van der Waals surface area contributed by atoms with Gasteiger partial charge in [0, 0.05) is 19.8 Å². The van der Waals surface area contributed by atoms with Gasteiger partial charge in [0.15, 0.2) is 0 Å². The smallest absolute Gasteiger partial charge is 0.149 e. The topological polar surface area (TPSA) is 55.6 Å². The summed E-state index contributed by atoms with van der Waals surface area (Å²) in [6.45, 7) is 2.79. The van der Waals surface area contributed by atoms with Crippen molar-refractivity contribution in [2.45, 2.75) is 19.5 Å². The molecule has 16 heavy (non-hydrogen) atoms. The number of rotatable bonds is 4. The first-order chi connectivity index (χ1) is 7.77. The zero-order valence-electron chi connectivity index (χ0n) is 9.46. The summed E-state index contributed by atoms with van der Waals surface area (Å²) in [4.78, 5) is 4.25. The Balaban J connectivity index is 1.94. The summed E-state index contributed by atoms with van der Waals surface area (Å²) in [7, 11) is 1.94. The first-order valence-corrected chi connectivity index (χ1v) is 5.24. The van der Waals surface area contributed by atoms with E-state index in [1.807, 2.05) is 29.8 Å². The van der Waals surface area contributed by atoms with Crippen molar-refractivity contribution >= 4 is 0 Å². The van der Waals surface area contributed by atoms with E-state index < -0.39 is 0 Å². The van der Waals surface area contributed by atoms with Crippen LogP contribution in [0, 0.1) is 0 Å². The predicted molar refractivity (Wildman–Crippen MR) is 60.5 cm³/mol. The van der Waals surface area contributed by atoms with Gasteiger partial charge in [0.05, 0.1) is 11.7 Å². The van der Waals surface area contributed by atoms with E-state index >= 15 is 0 Å². The van der Waals surface area contributed by atoms with Crippen LogP contribution in [0.3, 0.4) is 0 Å². The molecule has 5 heteroatoms. The fourth-order valence-electron chi connectivity index (χ4n) is 1.54. The highest BCUT2D eigenvalue weighted by atomic mass is 15.3. The molecule has 1 N–H and O–H groups in total. The molecule has 0 aliphatic carbocycles. The first kappa shape index (κ1) is 10.8. The summed E-state index contributed by atoms with van der Waals surface area (Å²) < 4.78 is 1.91. The second-order valence-electron chi connectivity index (χ2n) is 3.72. The van der Waals surface area contributed by atoms with Crippen molar-refractivity contribution in [3.63, 3.8) is 0 Å². The molecular weight excluding hydrogens is 202 g/mol.